The third-order valence-corrected chi connectivity index (χ3v) is 4.69. The Hall–Kier alpha value is -2.33. The number of hydrogen-bond acceptors (Lipinski definition) is 3. The van der Waals surface area contributed by atoms with E-state index < -0.39 is 0 Å². The van der Waals surface area contributed by atoms with Gasteiger partial charge in [-0.1, -0.05) is 61.9 Å². The van der Waals surface area contributed by atoms with E-state index in [0.717, 1.165) is 29.7 Å². The molecule has 2 aromatic rings. The van der Waals surface area contributed by atoms with E-state index >= 15 is 0 Å². The zero-order valence-electron chi connectivity index (χ0n) is 16.2. The third-order valence-electron chi connectivity index (χ3n) is 4.69. The minimum Gasteiger partial charge on any atom is -0.496 e. The largest absolute Gasteiger partial charge is 0.496 e. The predicted molar refractivity (Wildman–Crippen MR) is 107 cm³/mol. The average Bonchev–Trinajstić information content (AvgIpc) is 2.66. The Balaban J connectivity index is 2.13. The number of methoxy groups -OCH3 is 1. The van der Waals surface area contributed by atoms with Crippen molar-refractivity contribution >= 4 is 5.91 Å². The summed E-state index contributed by atoms with van der Waals surface area (Å²) >= 11 is 0. The number of benzene rings is 2. The first-order chi connectivity index (χ1) is 12.6. The van der Waals surface area contributed by atoms with Gasteiger partial charge in [0.25, 0.3) is 0 Å². The van der Waals surface area contributed by atoms with Crippen LogP contribution < -0.4 is 10.1 Å². The van der Waals surface area contributed by atoms with Gasteiger partial charge in [0.05, 0.1) is 19.1 Å². The van der Waals surface area contributed by atoms with Crippen molar-refractivity contribution in [3.05, 3.63) is 65.7 Å². The lowest BCUT2D eigenvalue weighted by atomic mass is 9.93. The Bertz CT molecular complexity index is 686. The minimum absolute atomic E-state index is 0.0492. The zero-order chi connectivity index (χ0) is 18.9. The van der Waals surface area contributed by atoms with Crippen molar-refractivity contribution in [2.75, 3.05) is 27.7 Å². The van der Waals surface area contributed by atoms with E-state index in [2.05, 4.69) is 23.2 Å². The summed E-state index contributed by atoms with van der Waals surface area (Å²) in [4.78, 5) is 15.0. The summed E-state index contributed by atoms with van der Waals surface area (Å²) in [5.41, 5.74) is 2.15. The van der Waals surface area contributed by atoms with E-state index in [1.165, 1.54) is 0 Å². The summed E-state index contributed by atoms with van der Waals surface area (Å²) in [6.07, 6.45) is 1.81. The van der Waals surface area contributed by atoms with E-state index in [9.17, 15) is 4.79 Å². The molecule has 4 nitrogen and oxygen atoms in total. The predicted octanol–water partition coefficient (Wildman–Crippen LogP) is 4.00. The molecule has 2 rings (SSSR count). The molecule has 0 saturated carbocycles. The maximum Gasteiger partial charge on any atom is 0.227 e. The van der Waals surface area contributed by atoms with E-state index in [1.54, 1.807) is 7.11 Å². The molecule has 2 atom stereocenters. The smallest absolute Gasteiger partial charge is 0.227 e. The second-order valence-electron chi connectivity index (χ2n) is 6.72. The fourth-order valence-electron chi connectivity index (χ4n) is 3.26. The van der Waals surface area contributed by atoms with Crippen LogP contribution in [0.15, 0.2) is 54.6 Å². The molecule has 0 spiro atoms. The Morgan fingerprint density at radius 1 is 1.08 bits per heavy atom. The highest BCUT2D eigenvalue weighted by atomic mass is 16.5. The lowest BCUT2D eigenvalue weighted by Gasteiger charge is -2.27. The van der Waals surface area contributed by atoms with Gasteiger partial charge in [-0.3, -0.25) is 4.79 Å². The van der Waals surface area contributed by atoms with Crippen LogP contribution in [0.2, 0.25) is 0 Å². The fourth-order valence-corrected chi connectivity index (χ4v) is 3.26. The number of para-hydroxylation sites is 1. The first-order valence-corrected chi connectivity index (χ1v) is 9.20. The number of nitrogens with zero attached hydrogens (tertiary/aromatic N) is 1. The standard InChI is InChI=1S/C22H30N2O2/c1-5-11-18(17-12-7-6-8-13-17)22(25)23-16-20(24(2)3)19-14-9-10-15-21(19)26-4/h6-10,12-15,18,20H,5,11,16H2,1-4H3,(H,23,25). The molecule has 0 aliphatic rings. The summed E-state index contributed by atoms with van der Waals surface area (Å²) in [5.74, 6) is 0.815. The highest BCUT2D eigenvalue weighted by Gasteiger charge is 2.23. The van der Waals surface area contributed by atoms with Gasteiger partial charge in [0.2, 0.25) is 5.91 Å². The van der Waals surface area contributed by atoms with Crippen LogP contribution in [-0.4, -0.2) is 38.6 Å². The molecule has 0 aliphatic heterocycles. The van der Waals surface area contributed by atoms with E-state index in [4.69, 9.17) is 4.74 Å². The minimum atomic E-state index is -0.110. The Morgan fingerprint density at radius 3 is 2.35 bits per heavy atom. The molecule has 0 aliphatic carbocycles. The van der Waals surface area contributed by atoms with Gasteiger partial charge in [-0.25, -0.2) is 0 Å². The molecule has 0 aromatic heterocycles. The second-order valence-corrected chi connectivity index (χ2v) is 6.72. The van der Waals surface area contributed by atoms with Crippen molar-refractivity contribution in [1.29, 1.82) is 0 Å². The highest BCUT2D eigenvalue weighted by molar-refractivity contribution is 5.83. The van der Waals surface area contributed by atoms with Crippen LogP contribution in [0, 0.1) is 0 Å². The number of likely N-dealkylation sites (N-methyl/N-ethyl adjacent to an activating group) is 1. The molecule has 26 heavy (non-hydrogen) atoms. The second kappa shape index (κ2) is 9.97. The van der Waals surface area contributed by atoms with Gasteiger partial charge in [0, 0.05) is 12.1 Å². The summed E-state index contributed by atoms with van der Waals surface area (Å²) in [7, 11) is 5.71. The molecule has 1 amide bonds. The van der Waals surface area contributed by atoms with Crippen LogP contribution in [0.5, 0.6) is 5.75 Å². The molecule has 0 radical (unpaired) electrons. The number of rotatable bonds is 9. The van der Waals surface area contributed by atoms with Gasteiger partial charge >= 0.3 is 0 Å². The topological polar surface area (TPSA) is 41.6 Å². The van der Waals surface area contributed by atoms with Crippen LogP contribution in [-0.2, 0) is 4.79 Å². The number of amides is 1. The lowest BCUT2D eigenvalue weighted by molar-refractivity contribution is -0.123. The first kappa shape index (κ1) is 20.0. The number of hydrogen-bond donors (Lipinski definition) is 1. The highest BCUT2D eigenvalue weighted by Crippen LogP contribution is 2.28. The van der Waals surface area contributed by atoms with E-state index in [0.29, 0.717) is 6.54 Å². The van der Waals surface area contributed by atoms with Crippen molar-refractivity contribution in [1.82, 2.24) is 10.2 Å². The van der Waals surface area contributed by atoms with Crippen molar-refractivity contribution < 1.29 is 9.53 Å². The molecule has 2 unspecified atom stereocenters. The lowest BCUT2D eigenvalue weighted by Crippen LogP contribution is -2.37. The van der Waals surface area contributed by atoms with Gasteiger partial charge in [-0.2, -0.15) is 0 Å². The normalized spacial score (nSPS) is 13.3. The number of carbonyl (C=O) groups excluding carboxylic acids is 1. The van der Waals surface area contributed by atoms with Crippen molar-refractivity contribution in [3.63, 3.8) is 0 Å². The SMILES string of the molecule is CCCC(C(=O)NCC(c1ccccc1OC)N(C)C)c1ccccc1. The summed E-state index contributed by atoms with van der Waals surface area (Å²) in [6, 6.07) is 18.0. The number of carbonyl (C=O) groups is 1. The van der Waals surface area contributed by atoms with E-state index in [1.807, 2.05) is 62.6 Å². The van der Waals surface area contributed by atoms with Crippen LogP contribution in [0.1, 0.15) is 42.9 Å². The maximum atomic E-state index is 12.9. The Morgan fingerprint density at radius 2 is 1.73 bits per heavy atom. The average molecular weight is 354 g/mol. The van der Waals surface area contributed by atoms with Crippen molar-refractivity contribution in [2.24, 2.45) is 0 Å². The molecular weight excluding hydrogens is 324 g/mol. The van der Waals surface area contributed by atoms with Gasteiger partial charge in [0.1, 0.15) is 5.75 Å². The monoisotopic (exact) mass is 354 g/mol. The molecule has 0 fully saturated rings. The van der Waals surface area contributed by atoms with E-state index in [-0.39, 0.29) is 17.9 Å². The Labute approximate surface area is 157 Å². The zero-order valence-corrected chi connectivity index (χ0v) is 16.2. The van der Waals surface area contributed by atoms with Gasteiger partial charge in [0.15, 0.2) is 0 Å². The molecular formula is C22H30N2O2. The summed E-state index contributed by atoms with van der Waals surface area (Å²) in [6.45, 7) is 2.65. The van der Waals surface area contributed by atoms with Crippen molar-refractivity contribution in [2.45, 2.75) is 31.7 Å². The van der Waals surface area contributed by atoms with Gasteiger partial charge in [-0.15, -0.1) is 0 Å². The van der Waals surface area contributed by atoms with Crippen LogP contribution in [0.4, 0.5) is 0 Å². The first-order valence-electron chi connectivity index (χ1n) is 9.20. The van der Waals surface area contributed by atoms with Crippen LogP contribution in [0.25, 0.3) is 0 Å². The molecule has 140 valence electrons. The summed E-state index contributed by atoms with van der Waals surface area (Å²) in [5, 5.41) is 3.16. The molecule has 2 aromatic carbocycles. The van der Waals surface area contributed by atoms with Gasteiger partial charge < -0.3 is 15.0 Å². The maximum absolute atomic E-state index is 12.9. The molecule has 0 saturated heterocycles. The summed E-state index contributed by atoms with van der Waals surface area (Å²) < 4.78 is 5.50. The van der Waals surface area contributed by atoms with Gasteiger partial charge in [-0.05, 0) is 32.1 Å². The van der Waals surface area contributed by atoms with Crippen LogP contribution in [0.3, 0.4) is 0 Å². The quantitative estimate of drug-likeness (QED) is 0.740. The molecule has 0 bridgehead atoms. The third kappa shape index (κ3) is 5.09. The number of ether oxygens (including phenoxy) is 1. The Kier molecular flexibility index (Phi) is 7.67. The molecule has 1 N–H and O–H groups in total. The number of nitrogens with one attached hydrogen (secondary N) is 1. The van der Waals surface area contributed by atoms with Crippen LogP contribution >= 0.6 is 0 Å². The molecule has 0 heterocycles. The van der Waals surface area contributed by atoms with Crippen molar-refractivity contribution in [3.8, 4) is 5.75 Å². The fraction of sp³-hybridized carbons (Fsp3) is 0.409. The molecule has 4 heteroatoms.